The summed E-state index contributed by atoms with van der Waals surface area (Å²) < 4.78 is 0. The van der Waals surface area contributed by atoms with Crippen molar-refractivity contribution in [1.29, 1.82) is 0 Å². The van der Waals surface area contributed by atoms with Crippen LogP contribution in [0.5, 0.6) is 0 Å². The second-order valence-corrected chi connectivity index (χ2v) is 17.4. The van der Waals surface area contributed by atoms with Gasteiger partial charge in [0.2, 0.25) is 0 Å². The normalized spacial score (nSPS) is 13.2. The Hall–Kier alpha value is -5.72. The third-order valence-corrected chi connectivity index (χ3v) is 12.2. The summed E-state index contributed by atoms with van der Waals surface area (Å²) in [5.41, 5.74) is 16.2. The first-order chi connectivity index (χ1) is 25.0. The van der Waals surface area contributed by atoms with Crippen LogP contribution in [0.25, 0.3) is 109 Å². The molecule has 0 saturated heterocycles. The number of benzene rings is 9. The molecule has 0 spiro atoms. The molecule has 0 heterocycles. The fraction of sp³-hybridized carbons (Fsp3) is 0.154. The van der Waals surface area contributed by atoms with Gasteiger partial charge in [0, 0.05) is 0 Å². The lowest BCUT2D eigenvalue weighted by molar-refractivity contribution is 0.569. The van der Waals surface area contributed by atoms with Crippen LogP contribution in [0.1, 0.15) is 52.7 Å². The van der Waals surface area contributed by atoms with Gasteiger partial charge in [-0.05, 0) is 162 Å². The van der Waals surface area contributed by atoms with Gasteiger partial charge in [0.25, 0.3) is 0 Å². The molecule has 2 aliphatic rings. The maximum absolute atomic E-state index is 2.53. The Kier molecular flexibility index (Phi) is 5.75. The average Bonchev–Trinajstić information content (AvgIpc) is 3.62. The maximum atomic E-state index is 2.53. The standard InChI is InChI=1S/C52H40/c1-51(2,3)33-21-32(22-34(24-33)52(4,5)6)41-26-43-35(44-27-46-38-17-9-13-30-14-10-18-39(50(30)38)47(46)28-48(41)44)20-19-31-23-42-36-15-7-11-29-12-8-16-37(49(29)36)45(42)25-40(31)43/h7-28H,1-6H3. The Morgan fingerprint density at radius 2 is 0.712 bits per heavy atom. The number of rotatable bonds is 1. The fourth-order valence-electron chi connectivity index (χ4n) is 9.41. The van der Waals surface area contributed by atoms with Crippen molar-refractivity contribution < 1.29 is 0 Å². The van der Waals surface area contributed by atoms with Gasteiger partial charge < -0.3 is 0 Å². The molecule has 0 fully saturated rings. The topological polar surface area (TPSA) is 0 Å². The van der Waals surface area contributed by atoms with Crippen molar-refractivity contribution in [2.45, 2.75) is 52.4 Å². The minimum absolute atomic E-state index is 0.0183. The summed E-state index contributed by atoms with van der Waals surface area (Å²) in [6.45, 7) is 14.1. The summed E-state index contributed by atoms with van der Waals surface area (Å²) in [6.07, 6.45) is 0. The third kappa shape index (κ3) is 4.04. The molecule has 11 rings (SSSR count). The van der Waals surface area contributed by atoms with E-state index in [-0.39, 0.29) is 10.8 Å². The van der Waals surface area contributed by atoms with Gasteiger partial charge in [-0.25, -0.2) is 0 Å². The molecule has 0 aliphatic heterocycles. The van der Waals surface area contributed by atoms with E-state index < -0.39 is 0 Å². The first-order valence-corrected chi connectivity index (χ1v) is 18.8. The van der Waals surface area contributed by atoms with Gasteiger partial charge in [-0.2, -0.15) is 0 Å². The second-order valence-electron chi connectivity index (χ2n) is 17.4. The Bertz CT molecular complexity index is 3020. The molecule has 0 aromatic heterocycles. The molecule has 0 saturated carbocycles. The highest BCUT2D eigenvalue weighted by atomic mass is 14.3. The highest BCUT2D eigenvalue weighted by Gasteiger charge is 2.27. The van der Waals surface area contributed by atoms with Crippen molar-refractivity contribution in [3.63, 3.8) is 0 Å². The predicted octanol–water partition coefficient (Wildman–Crippen LogP) is 15.0. The number of hydrogen-bond acceptors (Lipinski definition) is 0. The molecule has 0 N–H and O–H groups in total. The molecule has 9 aromatic carbocycles. The van der Waals surface area contributed by atoms with Crippen molar-refractivity contribution in [2.24, 2.45) is 0 Å². The largest absolute Gasteiger partial charge is 0.0610 e. The molecule has 0 unspecified atom stereocenters. The van der Waals surface area contributed by atoms with E-state index in [1.807, 2.05) is 0 Å². The van der Waals surface area contributed by atoms with Crippen LogP contribution in [-0.2, 0) is 10.8 Å². The van der Waals surface area contributed by atoms with Crippen LogP contribution in [0.3, 0.4) is 0 Å². The van der Waals surface area contributed by atoms with E-state index >= 15 is 0 Å². The van der Waals surface area contributed by atoms with E-state index in [2.05, 4.69) is 175 Å². The highest BCUT2D eigenvalue weighted by Crippen LogP contribution is 2.53. The molecule has 0 radical (unpaired) electrons. The molecular weight excluding hydrogens is 625 g/mol. The average molecular weight is 665 g/mol. The SMILES string of the molecule is CC(C)(C)c1cc(-c2cc3c4cc5c(cc4ccc3c3cc4c(cc23)-c2cccc3cccc-4c23)-c2cccc3cccc-5c23)cc(C(C)(C)C)c1. The van der Waals surface area contributed by atoms with Crippen LogP contribution in [0, 0.1) is 0 Å². The van der Waals surface area contributed by atoms with Crippen LogP contribution < -0.4 is 0 Å². The molecule has 0 bridgehead atoms. The van der Waals surface area contributed by atoms with Crippen molar-refractivity contribution in [3.8, 4) is 55.6 Å². The smallest absolute Gasteiger partial charge is 0.00264 e. The summed E-state index contributed by atoms with van der Waals surface area (Å²) >= 11 is 0. The lowest BCUT2D eigenvalue weighted by Gasteiger charge is -2.27. The molecule has 52 heavy (non-hydrogen) atoms. The Balaban J connectivity index is 1.28. The monoisotopic (exact) mass is 664 g/mol. The zero-order valence-electron chi connectivity index (χ0n) is 30.7. The summed E-state index contributed by atoms with van der Waals surface area (Å²) in [5.74, 6) is 0. The highest BCUT2D eigenvalue weighted by molar-refractivity contribution is 6.27. The van der Waals surface area contributed by atoms with E-state index in [9.17, 15) is 0 Å². The lowest BCUT2D eigenvalue weighted by atomic mass is 9.78. The zero-order valence-corrected chi connectivity index (χ0v) is 30.7. The van der Waals surface area contributed by atoms with Gasteiger partial charge in [-0.15, -0.1) is 0 Å². The quantitative estimate of drug-likeness (QED) is 0.153. The molecule has 2 aliphatic carbocycles. The number of hydrogen-bond donors (Lipinski definition) is 0. The molecule has 0 atom stereocenters. The van der Waals surface area contributed by atoms with E-state index in [4.69, 9.17) is 0 Å². The van der Waals surface area contributed by atoms with Crippen molar-refractivity contribution in [3.05, 3.63) is 145 Å². The van der Waals surface area contributed by atoms with Gasteiger partial charge in [0.1, 0.15) is 0 Å². The molecule has 0 amide bonds. The summed E-state index contributed by atoms with van der Waals surface area (Å²) in [7, 11) is 0. The Morgan fingerprint density at radius 1 is 0.288 bits per heavy atom. The van der Waals surface area contributed by atoms with E-state index in [0.717, 1.165) is 0 Å². The van der Waals surface area contributed by atoms with Crippen LogP contribution in [-0.4, -0.2) is 0 Å². The molecule has 248 valence electrons. The third-order valence-electron chi connectivity index (χ3n) is 12.2. The Labute approximate surface area is 305 Å². The summed E-state index contributed by atoms with van der Waals surface area (Å²) in [4.78, 5) is 0. The minimum Gasteiger partial charge on any atom is -0.0610 e. The van der Waals surface area contributed by atoms with Crippen molar-refractivity contribution in [1.82, 2.24) is 0 Å². The van der Waals surface area contributed by atoms with Crippen LogP contribution >= 0.6 is 0 Å². The molecule has 9 aromatic rings. The minimum atomic E-state index is 0.0183. The second kappa shape index (κ2) is 9.99. The lowest BCUT2D eigenvalue weighted by Crippen LogP contribution is -2.16. The maximum Gasteiger partial charge on any atom is -0.00264 e. The van der Waals surface area contributed by atoms with Gasteiger partial charge in [-0.1, -0.05) is 145 Å². The van der Waals surface area contributed by atoms with E-state index in [1.54, 1.807) is 0 Å². The van der Waals surface area contributed by atoms with Crippen molar-refractivity contribution >= 4 is 53.9 Å². The van der Waals surface area contributed by atoms with Gasteiger partial charge in [-0.3, -0.25) is 0 Å². The summed E-state index contributed by atoms with van der Waals surface area (Å²) in [6, 6.07) is 51.7. The molecular formula is C52H40. The van der Waals surface area contributed by atoms with Gasteiger partial charge in [0.15, 0.2) is 0 Å². The zero-order chi connectivity index (χ0) is 35.3. The van der Waals surface area contributed by atoms with E-state index in [1.165, 1.54) is 121 Å². The van der Waals surface area contributed by atoms with Crippen LogP contribution in [0.15, 0.2) is 133 Å². The van der Waals surface area contributed by atoms with Gasteiger partial charge in [0.05, 0.1) is 0 Å². The fourth-order valence-corrected chi connectivity index (χ4v) is 9.41. The van der Waals surface area contributed by atoms with Crippen LogP contribution in [0.2, 0.25) is 0 Å². The molecule has 0 heteroatoms. The summed E-state index contributed by atoms with van der Waals surface area (Å²) in [5, 5.41) is 13.3. The first-order valence-electron chi connectivity index (χ1n) is 18.8. The first kappa shape index (κ1) is 30.0. The molecule has 0 nitrogen and oxygen atoms in total. The number of fused-ring (bicyclic) bond motifs is 11. The van der Waals surface area contributed by atoms with Crippen molar-refractivity contribution in [2.75, 3.05) is 0 Å². The van der Waals surface area contributed by atoms with Crippen LogP contribution in [0.4, 0.5) is 0 Å². The van der Waals surface area contributed by atoms with E-state index in [0.29, 0.717) is 0 Å². The van der Waals surface area contributed by atoms with Gasteiger partial charge >= 0.3 is 0 Å². The predicted molar refractivity (Wildman–Crippen MR) is 226 cm³/mol. The Morgan fingerprint density at radius 3 is 1.21 bits per heavy atom.